The second-order valence-electron chi connectivity index (χ2n) is 8.92. The van der Waals surface area contributed by atoms with E-state index >= 15 is 0 Å². The third-order valence-corrected chi connectivity index (χ3v) is 7.62. The highest BCUT2D eigenvalue weighted by Gasteiger charge is 2.30. The van der Waals surface area contributed by atoms with E-state index in [1.807, 2.05) is 19.9 Å². The van der Waals surface area contributed by atoms with Gasteiger partial charge >= 0.3 is 5.97 Å². The predicted octanol–water partition coefficient (Wildman–Crippen LogP) is 4.78. The van der Waals surface area contributed by atoms with Crippen LogP contribution in [0.5, 0.6) is 0 Å². The number of nitrogens with one attached hydrogen (secondary N) is 1. The average molecular weight is 426 g/mol. The maximum absolute atomic E-state index is 12.8. The summed E-state index contributed by atoms with van der Waals surface area (Å²) < 4.78 is 7.94. The van der Waals surface area contributed by atoms with Gasteiger partial charge in [0.05, 0.1) is 10.9 Å². The number of nitrogens with zero attached hydrogens (tertiary/aromatic N) is 2. The zero-order chi connectivity index (χ0) is 21.2. The molecule has 0 aromatic carbocycles. The minimum Gasteiger partial charge on any atom is -0.451 e. The van der Waals surface area contributed by atoms with Crippen molar-refractivity contribution in [1.82, 2.24) is 14.5 Å². The first kappa shape index (κ1) is 19.5. The summed E-state index contributed by atoms with van der Waals surface area (Å²) in [6, 6.07) is 2.41. The molecule has 0 spiro atoms. The van der Waals surface area contributed by atoms with Crippen LogP contribution >= 0.6 is 11.3 Å². The number of H-pyrrole nitrogens is 1. The molecule has 2 aliphatic carbocycles. The Bertz CT molecular complexity index is 1210. The summed E-state index contributed by atoms with van der Waals surface area (Å²) in [6.07, 6.45) is 4.74. The molecule has 7 heteroatoms. The highest BCUT2D eigenvalue weighted by atomic mass is 32.1. The molecule has 0 radical (unpaired) electrons. The molecule has 1 N–H and O–H groups in total. The number of esters is 1. The van der Waals surface area contributed by atoms with Gasteiger partial charge in [-0.2, -0.15) is 0 Å². The predicted molar refractivity (Wildman–Crippen MR) is 117 cm³/mol. The molecule has 0 amide bonds. The van der Waals surface area contributed by atoms with E-state index in [0.29, 0.717) is 23.3 Å². The molecular formula is C23H27N3O3S. The lowest BCUT2D eigenvalue weighted by Gasteiger charge is -2.17. The second kappa shape index (κ2) is 7.08. The number of ether oxygens (including phenoxy) is 1. The van der Waals surface area contributed by atoms with Gasteiger partial charge in [0.25, 0.3) is 5.56 Å². The Balaban J connectivity index is 1.42. The summed E-state index contributed by atoms with van der Waals surface area (Å²) in [4.78, 5) is 35.2. The van der Waals surface area contributed by atoms with Gasteiger partial charge in [0.1, 0.15) is 4.83 Å². The molecule has 3 aromatic heterocycles. The van der Waals surface area contributed by atoms with Crippen molar-refractivity contribution >= 4 is 27.5 Å². The van der Waals surface area contributed by atoms with E-state index < -0.39 is 6.10 Å². The lowest BCUT2D eigenvalue weighted by atomic mass is 9.89. The number of aromatic nitrogens is 3. The van der Waals surface area contributed by atoms with Crippen molar-refractivity contribution in [2.75, 3.05) is 0 Å². The minimum atomic E-state index is -0.628. The standard InChI is InChI=1S/C23H27N3O3S/c1-11-5-8-16-18(9-11)30-22-19(16)21(27)24-20(25-22)14(4)29-23(28)17-10-12(2)26(13(17)3)15-6-7-15/h10-11,14-15H,5-9H2,1-4H3,(H,24,25,27)/t11-,14-/m0/s1. The van der Waals surface area contributed by atoms with Crippen molar-refractivity contribution in [3.8, 4) is 0 Å². The van der Waals surface area contributed by atoms with Gasteiger partial charge in [-0.25, -0.2) is 9.78 Å². The third kappa shape index (κ3) is 3.20. The molecule has 1 fully saturated rings. The Hall–Kier alpha value is -2.41. The molecule has 3 heterocycles. The molecule has 158 valence electrons. The van der Waals surface area contributed by atoms with Crippen LogP contribution in [0.1, 0.15) is 83.3 Å². The van der Waals surface area contributed by atoms with Crippen molar-refractivity contribution in [3.05, 3.63) is 49.6 Å². The van der Waals surface area contributed by atoms with Crippen LogP contribution in [0.2, 0.25) is 0 Å². The largest absolute Gasteiger partial charge is 0.451 e. The Morgan fingerprint density at radius 1 is 1.33 bits per heavy atom. The number of hydrogen-bond acceptors (Lipinski definition) is 5. The van der Waals surface area contributed by atoms with Gasteiger partial charge in [-0.05, 0) is 70.4 Å². The van der Waals surface area contributed by atoms with E-state index in [9.17, 15) is 9.59 Å². The van der Waals surface area contributed by atoms with E-state index in [2.05, 4.69) is 21.5 Å². The van der Waals surface area contributed by atoms with E-state index in [1.54, 1.807) is 18.3 Å². The number of aryl methyl sites for hydroxylation is 2. The molecule has 0 aliphatic heterocycles. The first-order chi connectivity index (χ1) is 14.3. The molecular weight excluding hydrogens is 398 g/mol. The fourth-order valence-electron chi connectivity index (χ4n) is 4.72. The van der Waals surface area contributed by atoms with Crippen LogP contribution in [0.3, 0.4) is 0 Å². The van der Waals surface area contributed by atoms with Gasteiger partial charge in [0, 0.05) is 22.3 Å². The highest BCUT2D eigenvalue weighted by Crippen LogP contribution is 2.39. The molecule has 0 unspecified atom stereocenters. The van der Waals surface area contributed by atoms with E-state index in [1.165, 1.54) is 4.88 Å². The minimum absolute atomic E-state index is 0.128. The third-order valence-electron chi connectivity index (χ3n) is 6.47. The van der Waals surface area contributed by atoms with Gasteiger partial charge in [0.2, 0.25) is 0 Å². The number of hydrogen-bond donors (Lipinski definition) is 1. The number of fused-ring (bicyclic) bond motifs is 3. The molecule has 0 saturated heterocycles. The summed E-state index contributed by atoms with van der Waals surface area (Å²) in [5.41, 5.74) is 3.66. The van der Waals surface area contributed by atoms with Crippen LogP contribution < -0.4 is 5.56 Å². The average Bonchev–Trinajstić information content (AvgIpc) is 3.37. The lowest BCUT2D eigenvalue weighted by Crippen LogP contribution is -2.18. The van der Waals surface area contributed by atoms with E-state index in [0.717, 1.165) is 59.3 Å². The number of rotatable bonds is 4. The van der Waals surface area contributed by atoms with Gasteiger partial charge < -0.3 is 14.3 Å². The molecule has 2 aliphatic rings. The van der Waals surface area contributed by atoms with Crippen molar-refractivity contribution in [2.45, 2.75) is 71.9 Å². The Kier molecular flexibility index (Phi) is 4.61. The molecule has 3 aromatic rings. The SMILES string of the molecule is Cc1cc(C(=O)O[C@@H](C)c2nc3sc4c(c3c(=O)[nH]2)CC[C@H](C)C4)c(C)n1C1CC1. The van der Waals surface area contributed by atoms with Gasteiger partial charge in [-0.15, -0.1) is 11.3 Å². The molecule has 0 bridgehead atoms. The number of carbonyl (C=O) groups excluding carboxylic acids is 1. The van der Waals surface area contributed by atoms with Crippen molar-refractivity contribution < 1.29 is 9.53 Å². The van der Waals surface area contributed by atoms with Crippen LogP contribution in [0.25, 0.3) is 10.2 Å². The van der Waals surface area contributed by atoms with Crippen LogP contribution in [0.4, 0.5) is 0 Å². The number of thiophene rings is 1. The Morgan fingerprint density at radius 3 is 2.83 bits per heavy atom. The molecule has 2 atom stereocenters. The van der Waals surface area contributed by atoms with E-state index in [4.69, 9.17) is 4.74 Å². The zero-order valence-electron chi connectivity index (χ0n) is 17.9. The molecule has 30 heavy (non-hydrogen) atoms. The summed E-state index contributed by atoms with van der Waals surface area (Å²) in [5, 5.41) is 0.720. The molecule has 1 saturated carbocycles. The van der Waals surface area contributed by atoms with Crippen LogP contribution in [0.15, 0.2) is 10.9 Å². The van der Waals surface area contributed by atoms with E-state index in [-0.39, 0.29) is 11.5 Å². The fourth-order valence-corrected chi connectivity index (χ4v) is 6.11. The quantitative estimate of drug-likeness (QED) is 0.610. The monoisotopic (exact) mass is 425 g/mol. The smallest absolute Gasteiger partial charge is 0.340 e. The summed E-state index contributed by atoms with van der Waals surface area (Å²) in [7, 11) is 0. The van der Waals surface area contributed by atoms with Crippen LogP contribution in [0, 0.1) is 19.8 Å². The Labute approximate surface area is 179 Å². The van der Waals surface area contributed by atoms with Crippen molar-refractivity contribution in [1.29, 1.82) is 0 Å². The van der Waals surface area contributed by atoms with Gasteiger partial charge in [-0.3, -0.25) is 4.79 Å². The number of aromatic amines is 1. The molecule has 6 nitrogen and oxygen atoms in total. The lowest BCUT2D eigenvalue weighted by molar-refractivity contribution is 0.0319. The van der Waals surface area contributed by atoms with Gasteiger partial charge in [0.15, 0.2) is 11.9 Å². The summed E-state index contributed by atoms with van der Waals surface area (Å²) in [6.45, 7) is 8.00. The topological polar surface area (TPSA) is 77.0 Å². The Morgan fingerprint density at radius 2 is 2.10 bits per heavy atom. The normalized spacial score (nSPS) is 19.7. The highest BCUT2D eigenvalue weighted by molar-refractivity contribution is 7.18. The van der Waals surface area contributed by atoms with Crippen molar-refractivity contribution in [2.24, 2.45) is 5.92 Å². The maximum atomic E-state index is 12.8. The fraction of sp³-hybridized carbons (Fsp3) is 0.522. The maximum Gasteiger partial charge on any atom is 0.340 e. The summed E-state index contributed by atoms with van der Waals surface area (Å²) in [5.74, 6) is 0.673. The zero-order valence-corrected chi connectivity index (χ0v) is 18.7. The molecule has 5 rings (SSSR count). The number of carbonyl (C=O) groups is 1. The first-order valence-electron chi connectivity index (χ1n) is 10.8. The van der Waals surface area contributed by atoms with Crippen molar-refractivity contribution in [3.63, 3.8) is 0 Å². The van der Waals surface area contributed by atoms with Crippen LogP contribution in [-0.4, -0.2) is 20.5 Å². The first-order valence-corrected chi connectivity index (χ1v) is 11.6. The second-order valence-corrected chi connectivity index (χ2v) is 10.0. The van der Waals surface area contributed by atoms with Crippen LogP contribution in [-0.2, 0) is 17.6 Å². The van der Waals surface area contributed by atoms with Gasteiger partial charge in [-0.1, -0.05) is 6.92 Å². The summed E-state index contributed by atoms with van der Waals surface area (Å²) >= 11 is 1.61.